The van der Waals surface area contributed by atoms with Crippen LogP contribution in [0.2, 0.25) is 0 Å². The van der Waals surface area contributed by atoms with Crippen LogP contribution in [0.1, 0.15) is 30.2 Å². The van der Waals surface area contributed by atoms with Gasteiger partial charge in [-0.1, -0.05) is 25.1 Å². The Kier molecular flexibility index (Phi) is 8.56. The predicted molar refractivity (Wildman–Crippen MR) is 123 cm³/mol. The second kappa shape index (κ2) is 11.6. The molecule has 162 valence electrons. The van der Waals surface area contributed by atoms with Crippen LogP contribution in [-0.2, 0) is 17.6 Å². The topological polar surface area (TPSA) is 74.8 Å². The number of rotatable bonds is 11. The number of hydrogen-bond acceptors (Lipinski definition) is 4. The number of hydrogen-bond donors (Lipinski definition) is 3. The van der Waals surface area contributed by atoms with Gasteiger partial charge >= 0.3 is 0 Å². The molecule has 1 aromatic heterocycles. The lowest BCUT2D eigenvalue weighted by Crippen LogP contribution is -2.40. The first-order valence-corrected chi connectivity index (χ1v) is 11.5. The predicted octanol–water partition coefficient (Wildman–Crippen LogP) is 2.99. The van der Waals surface area contributed by atoms with Crippen molar-refractivity contribution in [2.75, 3.05) is 26.7 Å². The molecule has 2 aromatic rings. The standard InChI is InChI=1S/C23H32N4O2S/c1-17(14-21-4-3-13-30-21)15-26-23(24-2)25-12-11-18-5-9-20(10-6-18)29-16-22(28)27-19-7-8-19/h3-6,9-10,13,17,19H,7-8,11-12,14-16H2,1-2H3,(H,27,28)(H2,24,25,26). The van der Waals surface area contributed by atoms with E-state index in [-0.39, 0.29) is 12.5 Å². The highest BCUT2D eigenvalue weighted by atomic mass is 32.1. The third-order valence-corrected chi connectivity index (χ3v) is 5.81. The summed E-state index contributed by atoms with van der Waals surface area (Å²) in [4.78, 5) is 17.4. The molecule has 1 aliphatic rings. The Morgan fingerprint density at radius 2 is 2.03 bits per heavy atom. The van der Waals surface area contributed by atoms with E-state index in [1.165, 1.54) is 10.4 Å². The summed E-state index contributed by atoms with van der Waals surface area (Å²) in [5.41, 5.74) is 1.21. The molecule has 1 fully saturated rings. The molecule has 1 atom stereocenters. The number of nitrogens with one attached hydrogen (secondary N) is 3. The third-order valence-electron chi connectivity index (χ3n) is 4.91. The number of guanidine groups is 1. The Morgan fingerprint density at radius 1 is 1.23 bits per heavy atom. The molecule has 0 saturated heterocycles. The fraction of sp³-hybridized carbons (Fsp3) is 0.478. The molecule has 0 bridgehead atoms. The van der Waals surface area contributed by atoms with Crippen LogP contribution in [-0.4, -0.2) is 44.7 Å². The van der Waals surface area contributed by atoms with Crippen LogP contribution in [0.4, 0.5) is 0 Å². The fourth-order valence-electron chi connectivity index (χ4n) is 3.06. The normalized spacial score (nSPS) is 14.8. The fourth-order valence-corrected chi connectivity index (χ4v) is 3.93. The molecule has 1 aromatic carbocycles. The molecule has 0 spiro atoms. The number of carbonyl (C=O) groups excluding carboxylic acids is 1. The van der Waals surface area contributed by atoms with E-state index < -0.39 is 0 Å². The number of amides is 1. The summed E-state index contributed by atoms with van der Waals surface area (Å²) >= 11 is 1.81. The maximum Gasteiger partial charge on any atom is 0.258 e. The van der Waals surface area contributed by atoms with E-state index in [9.17, 15) is 4.79 Å². The lowest BCUT2D eigenvalue weighted by Gasteiger charge is -2.15. The molecular formula is C23H32N4O2S. The van der Waals surface area contributed by atoms with E-state index in [0.717, 1.165) is 50.5 Å². The smallest absolute Gasteiger partial charge is 0.258 e. The summed E-state index contributed by atoms with van der Waals surface area (Å²) in [5.74, 6) is 2.04. The zero-order valence-corrected chi connectivity index (χ0v) is 18.6. The molecule has 3 N–H and O–H groups in total. The van der Waals surface area contributed by atoms with E-state index in [2.05, 4.69) is 45.4 Å². The SMILES string of the molecule is CN=C(NCCc1ccc(OCC(=O)NC2CC2)cc1)NCC(C)Cc1cccs1. The molecule has 1 aliphatic carbocycles. The molecule has 1 saturated carbocycles. The van der Waals surface area contributed by atoms with Gasteiger partial charge in [-0.15, -0.1) is 11.3 Å². The molecule has 3 rings (SSSR count). The molecule has 1 amide bonds. The van der Waals surface area contributed by atoms with Crippen LogP contribution in [0.3, 0.4) is 0 Å². The maximum absolute atomic E-state index is 11.7. The zero-order valence-electron chi connectivity index (χ0n) is 17.8. The Hall–Kier alpha value is -2.54. The Balaban J connectivity index is 1.31. The first-order chi connectivity index (χ1) is 14.6. The molecule has 1 heterocycles. The van der Waals surface area contributed by atoms with Gasteiger partial charge in [0.15, 0.2) is 12.6 Å². The molecule has 1 unspecified atom stereocenters. The summed E-state index contributed by atoms with van der Waals surface area (Å²) in [7, 11) is 1.80. The number of ether oxygens (including phenoxy) is 1. The monoisotopic (exact) mass is 428 g/mol. The lowest BCUT2D eigenvalue weighted by atomic mass is 10.1. The first kappa shape index (κ1) is 22.2. The maximum atomic E-state index is 11.7. The number of carbonyl (C=O) groups is 1. The van der Waals surface area contributed by atoms with Gasteiger partial charge in [0.25, 0.3) is 5.91 Å². The van der Waals surface area contributed by atoms with Crippen molar-refractivity contribution in [2.24, 2.45) is 10.9 Å². The molecule has 0 radical (unpaired) electrons. The third kappa shape index (κ3) is 8.06. The lowest BCUT2D eigenvalue weighted by molar-refractivity contribution is -0.123. The Labute approximate surface area is 183 Å². The van der Waals surface area contributed by atoms with Gasteiger partial charge in [0.1, 0.15) is 5.75 Å². The summed E-state index contributed by atoms with van der Waals surface area (Å²) in [6.45, 7) is 4.00. The van der Waals surface area contributed by atoms with Crippen LogP contribution >= 0.6 is 11.3 Å². The Bertz CT molecular complexity index is 801. The minimum absolute atomic E-state index is 0.0469. The number of thiophene rings is 1. The highest BCUT2D eigenvalue weighted by molar-refractivity contribution is 7.09. The molecule has 30 heavy (non-hydrogen) atoms. The van der Waals surface area contributed by atoms with Crippen LogP contribution in [0.15, 0.2) is 46.8 Å². The minimum atomic E-state index is -0.0469. The Morgan fingerprint density at radius 3 is 2.70 bits per heavy atom. The van der Waals surface area contributed by atoms with Gasteiger partial charge in [0.05, 0.1) is 0 Å². The summed E-state index contributed by atoms with van der Waals surface area (Å²) in [5, 5.41) is 11.8. The van der Waals surface area contributed by atoms with Gasteiger partial charge in [0.2, 0.25) is 0 Å². The zero-order chi connectivity index (χ0) is 21.2. The van der Waals surface area contributed by atoms with Gasteiger partial charge in [-0.3, -0.25) is 9.79 Å². The van der Waals surface area contributed by atoms with Crippen LogP contribution in [0.25, 0.3) is 0 Å². The number of nitrogens with zero attached hydrogens (tertiary/aromatic N) is 1. The van der Waals surface area contributed by atoms with Crippen molar-refractivity contribution in [3.05, 3.63) is 52.2 Å². The quantitative estimate of drug-likeness (QED) is 0.380. The number of aliphatic imine (C=N–C) groups is 1. The molecule has 7 heteroatoms. The van der Waals surface area contributed by atoms with Crippen molar-refractivity contribution in [1.82, 2.24) is 16.0 Å². The van der Waals surface area contributed by atoms with Crippen LogP contribution < -0.4 is 20.7 Å². The highest BCUT2D eigenvalue weighted by Gasteiger charge is 2.23. The molecular weight excluding hydrogens is 396 g/mol. The minimum Gasteiger partial charge on any atom is -0.484 e. The van der Waals surface area contributed by atoms with Crippen molar-refractivity contribution in [3.63, 3.8) is 0 Å². The van der Waals surface area contributed by atoms with Crippen molar-refractivity contribution in [2.45, 2.75) is 38.6 Å². The van der Waals surface area contributed by atoms with Crippen LogP contribution in [0, 0.1) is 5.92 Å². The van der Waals surface area contributed by atoms with Crippen molar-refractivity contribution < 1.29 is 9.53 Å². The largest absolute Gasteiger partial charge is 0.484 e. The average molecular weight is 429 g/mol. The second-order valence-corrected chi connectivity index (χ2v) is 8.83. The van der Waals surface area contributed by atoms with Gasteiger partial charge in [-0.2, -0.15) is 0 Å². The second-order valence-electron chi connectivity index (χ2n) is 7.79. The van der Waals surface area contributed by atoms with Gasteiger partial charge in [-0.25, -0.2) is 0 Å². The molecule has 6 nitrogen and oxygen atoms in total. The van der Waals surface area contributed by atoms with E-state index >= 15 is 0 Å². The molecule has 0 aliphatic heterocycles. The van der Waals surface area contributed by atoms with E-state index in [1.807, 2.05) is 35.6 Å². The highest BCUT2D eigenvalue weighted by Crippen LogP contribution is 2.18. The van der Waals surface area contributed by atoms with Crippen molar-refractivity contribution >= 4 is 23.2 Å². The number of benzene rings is 1. The van der Waals surface area contributed by atoms with E-state index in [0.29, 0.717) is 12.0 Å². The summed E-state index contributed by atoms with van der Waals surface area (Å²) in [6, 6.07) is 12.6. The van der Waals surface area contributed by atoms with Gasteiger partial charge in [0, 0.05) is 31.1 Å². The van der Waals surface area contributed by atoms with Crippen LogP contribution in [0.5, 0.6) is 5.75 Å². The van der Waals surface area contributed by atoms with Gasteiger partial charge < -0.3 is 20.7 Å². The average Bonchev–Trinajstić information content (AvgIpc) is 3.41. The first-order valence-electron chi connectivity index (χ1n) is 10.6. The summed E-state index contributed by atoms with van der Waals surface area (Å²) < 4.78 is 5.55. The summed E-state index contributed by atoms with van der Waals surface area (Å²) in [6.07, 6.45) is 4.14. The van der Waals surface area contributed by atoms with Gasteiger partial charge in [-0.05, 0) is 60.7 Å². The van der Waals surface area contributed by atoms with Crippen molar-refractivity contribution in [1.29, 1.82) is 0 Å². The van der Waals surface area contributed by atoms with E-state index in [1.54, 1.807) is 7.05 Å². The van der Waals surface area contributed by atoms with Crippen molar-refractivity contribution in [3.8, 4) is 5.75 Å². The van der Waals surface area contributed by atoms with E-state index in [4.69, 9.17) is 4.74 Å².